The van der Waals surface area contributed by atoms with E-state index in [1.54, 1.807) is 6.20 Å². The summed E-state index contributed by atoms with van der Waals surface area (Å²) < 4.78 is 1.85. The summed E-state index contributed by atoms with van der Waals surface area (Å²) in [7, 11) is 1.93. The van der Waals surface area contributed by atoms with E-state index in [2.05, 4.69) is 5.10 Å². The zero-order valence-corrected chi connectivity index (χ0v) is 8.86. The highest BCUT2D eigenvalue weighted by atomic mass is 35.5. The molecule has 0 aliphatic heterocycles. The van der Waals surface area contributed by atoms with E-state index in [0.717, 1.165) is 6.42 Å². The van der Waals surface area contributed by atoms with E-state index in [4.69, 9.17) is 5.73 Å². The zero-order chi connectivity index (χ0) is 7.56. The van der Waals surface area contributed by atoms with Gasteiger partial charge in [0, 0.05) is 31.4 Å². The molecular weight excluding hydrogens is 197 g/mol. The van der Waals surface area contributed by atoms with Gasteiger partial charge >= 0.3 is 0 Å². The Morgan fingerprint density at radius 2 is 2.17 bits per heavy atom. The lowest BCUT2D eigenvalue weighted by Gasteiger charge is -2.03. The summed E-state index contributed by atoms with van der Waals surface area (Å²) >= 11 is 0. The molecule has 1 aromatic heterocycles. The van der Waals surface area contributed by atoms with E-state index in [0.29, 0.717) is 0 Å². The summed E-state index contributed by atoms with van der Waals surface area (Å²) in [6.07, 6.45) is 2.69. The molecule has 0 aromatic carbocycles. The van der Waals surface area contributed by atoms with Crippen LogP contribution in [0.5, 0.6) is 0 Å². The predicted octanol–water partition coefficient (Wildman–Crippen LogP) is 1.15. The average molecular weight is 212 g/mol. The molecule has 3 nitrogen and oxygen atoms in total. The van der Waals surface area contributed by atoms with Gasteiger partial charge in [-0.15, -0.1) is 24.8 Å². The summed E-state index contributed by atoms with van der Waals surface area (Å²) in [5, 5.41) is 4.03. The van der Waals surface area contributed by atoms with Crippen molar-refractivity contribution in [2.75, 3.05) is 0 Å². The van der Waals surface area contributed by atoms with Crippen LogP contribution in [0.4, 0.5) is 0 Å². The maximum Gasteiger partial charge on any atom is 0.0492 e. The lowest BCUT2D eigenvalue weighted by molar-refractivity contribution is 0.650. The normalized spacial score (nSPS) is 11.2. The number of hydrogen-bond donors (Lipinski definition) is 1. The van der Waals surface area contributed by atoms with Crippen molar-refractivity contribution in [3.8, 4) is 0 Å². The lowest BCUT2D eigenvalue weighted by Crippen LogP contribution is -2.19. The number of aromatic nitrogens is 2. The molecule has 1 heterocycles. The second-order valence-corrected chi connectivity index (χ2v) is 2.63. The van der Waals surface area contributed by atoms with Gasteiger partial charge in [0.2, 0.25) is 0 Å². The predicted molar refractivity (Wildman–Crippen MR) is 55.1 cm³/mol. The second kappa shape index (κ2) is 6.29. The number of nitrogens with two attached hydrogens (primary N) is 1. The fourth-order valence-corrected chi connectivity index (χ4v) is 0.931. The van der Waals surface area contributed by atoms with Gasteiger partial charge in [0.15, 0.2) is 0 Å². The van der Waals surface area contributed by atoms with E-state index in [1.807, 2.05) is 24.7 Å². The molecule has 2 N–H and O–H groups in total. The molecule has 0 spiro atoms. The van der Waals surface area contributed by atoms with Crippen LogP contribution >= 0.6 is 24.8 Å². The van der Waals surface area contributed by atoms with Crippen LogP contribution in [0.3, 0.4) is 0 Å². The maximum atomic E-state index is 5.61. The number of hydrogen-bond acceptors (Lipinski definition) is 2. The van der Waals surface area contributed by atoms with Crippen LogP contribution in [-0.2, 0) is 13.5 Å². The Bertz CT molecular complexity index is 210. The topological polar surface area (TPSA) is 43.8 Å². The van der Waals surface area contributed by atoms with Crippen molar-refractivity contribution in [1.82, 2.24) is 9.78 Å². The molecule has 0 amide bonds. The fourth-order valence-electron chi connectivity index (χ4n) is 0.931. The van der Waals surface area contributed by atoms with Crippen molar-refractivity contribution in [2.45, 2.75) is 19.4 Å². The summed E-state index contributed by atoms with van der Waals surface area (Å²) in [6.45, 7) is 1.99. The van der Waals surface area contributed by atoms with Crippen molar-refractivity contribution in [3.63, 3.8) is 0 Å². The number of nitrogens with zero attached hydrogens (tertiary/aromatic N) is 2. The first kappa shape index (κ1) is 14.3. The van der Waals surface area contributed by atoms with Crippen LogP contribution in [0.2, 0.25) is 0 Å². The molecule has 0 fully saturated rings. The van der Waals surface area contributed by atoms with Crippen LogP contribution < -0.4 is 5.73 Å². The molecule has 5 heteroatoms. The molecule has 1 rings (SSSR count). The number of aryl methyl sites for hydroxylation is 1. The Kier molecular flexibility index (Phi) is 7.48. The van der Waals surface area contributed by atoms with E-state index < -0.39 is 0 Å². The molecule has 0 saturated carbocycles. The van der Waals surface area contributed by atoms with Gasteiger partial charge in [-0.1, -0.05) is 0 Å². The van der Waals surface area contributed by atoms with Gasteiger partial charge in [-0.25, -0.2) is 0 Å². The molecule has 0 aliphatic carbocycles. The highest BCUT2D eigenvalue weighted by molar-refractivity contribution is 5.85. The van der Waals surface area contributed by atoms with Gasteiger partial charge < -0.3 is 5.73 Å². The van der Waals surface area contributed by atoms with Crippen molar-refractivity contribution in [3.05, 3.63) is 18.0 Å². The minimum atomic E-state index is 0. The van der Waals surface area contributed by atoms with Gasteiger partial charge in [0.05, 0.1) is 0 Å². The van der Waals surface area contributed by atoms with Crippen LogP contribution in [0.15, 0.2) is 12.3 Å². The first-order chi connectivity index (χ1) is 4.70. The molecule has 0 unspecified atom stereocenters. The Morgan fingerprint density at radius 3 is 2.50 bits per heavy atom. The van der Waals surface area contributed by atoms with E-state index in [9.17, 15) is 0 Å². The fraction of sp³-hybridized carbons (Fsp3) is 0.571. The summed E-state index contributed by atoms with van der Waals surface area (Å²) in [4.78, 5) is 0. The third kappa shape index (κ3) is 3.95. The van der Waals surface area contributed by atoms with Crippen molar-refractivity contribution < 1.29 is 0 Å². The van der Waals surface area contributed by atoms with Crippen molar-refractivity contribution in [2.24, 2.45) is 12.8 Å². The highest BCUT2D eigenvalue weighted by Gasteiger charge is 2.00. The molecular formula is C7H15Cl2N3. The average Bonchev–Trinajstić information content (AvgIpc) is 2.15. The molecule has 0 aliphatic rings. The van der Waals surface area contributed by atoms with E-state index in [-0.39, 0.29) is 30.9 Å². The largest absolute Gasteiger partial charge is 0.328 e. The second-order valence-electron chi connectivity index (χ2n) is 2.63. The SMILES string of the molecule is C[C@H](N)Cc1ccnn1C.Cl.Cl. The molecule has 1 atom stereocenters. The van der Waals surface area contributed by atoms with Crippen LogP contribution in [0.25, 0.3) is 0 Å². The third-order valence-electron chi connectivity index (χ3n) is 1.45. The summed E-state index contributed by atoms with van der Waals surface area (Å²) in [6, 6.07) is 2.21. The molecule has 0 saturated heterocycles. The standard InChI is InChI=1S/C7H13N3.2ClH/c1-6(8)5-7-3-4-9-10(7)2;;/h3-4,6H,5,8H2,1-2H3;2*1H/t6-;;/m0../s1. The van der Waals surface area contributed by atoms with Crippen LogP contribution in [-0.4, -0.2) is 15.8 Å². The molecule has 0 bridgehead atoms. The molecule has 1 aromatic rings. The lowest BCUT2D eigenvalue weighted by atomic mass is 10.2. The maximum absolute atomic E-state index is 5.61. The Labute approximate surface area is 85.1 Å². The first-order valence-electron chi connectivity index (χ1n) is 3.42. The Morgan fingerprint density at radius 1 is 1.58 bits per heavy atom. The minimum Gasteiger partial charge on any atom is -0.328 e. The molecule has 0 radical (unpaired) electrons. The van der Waals surface area contributed by atoms with Crippen LogP contribution in [0, 0.1) is 0 Å². The Hall–Kier alpha value is -0.250. The summed E-state index contributed by atoms with van der Waals surface area (Å²) in [5.41, 5.74) is 6.80. The summed E-state index contributed by atoms with van der Waals surface area (Å²) in [5.74, 6) is 0. The van der Waals surface area contributed by atoms with Gasteiger partial charge in [-0.05, 0) is 13.0 Å². The van der Waals surface area contributed by atoms with Gasteiger partial charge in [0.1, 0.15) is 0 Å². The monoisotopic (exact) mass is 211 g/mol. The van der Waals surface area contributed by atoms with Crippen molar-refractivity contribution >= 4 is 24.8 Å². The number of rotatable bonds is 2. The first-order valence-corrected chi connectivity index (χ1v) is 3.42. The van der Waals surface area contributed by atoms with E-state index >= 15 is 0 Å². The molecule has 12 heavy (non-hydrogen) atoms. The molecule has 72 valence electrons. The zero-order valence-electron chi connectivity index (χ0n) is 7.23. The smallest absolute Gasteiger partial charge is 0.0492 e. The third-order valence-corrected chi connectivity index (χ3v) is 1.45. The van der Waals surface area contributed by atoms with Gasteiger partial charge in [0.25, 0.3) is 0 Å². The number of halogens is 2. The highest BCUT2D eigenvalue weighted by Crippen LogP contribution is 1.98. The minimum absolute atomic E-state index is 0. The van der Waals surface area contributed by atoms with Crippen LogP contribution in [0.1, 0.15) is 12.6 Å². The Balaban J connectivity index is 0. The van der Waals surface area contributed by atoms with Crippen molar-refractivity contribution in [1.29, 1.82) is 0 Å². The quantitative estimate of drug-likeness (QED) is 0.799. The van der Waals surface area contributed by atoms with Gasteiger partial charge in [-0.2, -0.15) is 5.10 Å². The van der Waals surface area contributed by atoms with Gasteiger partial charge in [-0.3, -0.25) is 4.68 Å². The van der Waals surface area contributed by atoms with E-state index in [1.165, 1.54) is 5.69 Å².